The van der Waals surface area contributed by atoms with Gasteiger partial charge in [-0.3, -0.25) is 9.69 Å². The molecule has 0 amide bonds. The van der Waals surface area contributed by atoms with Crippen LogP contribution in [-0.4, -0.2) is 45.6 Å². The minimum absolute atomic E-state index is 0.330. The zero-order valence-corrected chi connectivity index (χ0v) is 11.4. The Morgan fingerprint density at radius 1 is 1.47 bits per heavy atom. The third-order valence-corrected chi connectivity index (χ3v) is 5.35. The van der Waals surface area contributed by atoms with Crippen molar-refractivity contribution in [2.45, 2.75) is 62.8 Å². The summed E-state index contributed by atoms with van der Waals surface area (Å²) in [5.74, 6) is 0.592. The van der Waals surface area contributed by atoms with Crippen LogP contribution in [0.3, 0.4) is 0 Å². The summed E-state index contributed by atoms with van der Waals surface area (Å²) >= 11 is 2.07. The van der Waals surface area contributed by atoms with Crippen LogP contribution >= 0.6 is 11.8 Å². The van der Waals surface area contributed by atoms with Gasteiger partial charge in [0.15, 0.2) is 0 Å². The lowest BCUT2D eigenvalue weighted by molar-refractivity contribution is -0.137. The Bertz CT molecular complexity index is 272. The first-order valence-electron chi connectivity index (χ1n) is 6.76. The molecule has 0 aromatic carbocycles. The van der Waals surface area contributed by atoms with Crippen LogP contribution in [0.5, 0.6) is 0 Å². The maximum Gasteiger partial charge on any atom is 0.303 e. The molecular weight excluding hydrogens is 234 g/mol. The van der Waals surface area contributed by atoms with Crippen LogP contribution in [0, 0.1) is 0 Å². The van der Waals surface area contributed by atoms with Gasteiger partial charge in [0.2, 0.25) is 0 Å². The number of hydrogen-bond acceptors (Lipinski definition) is 3. The number of thioether (sulfide) groups is 1. The molecule has 2 aliphatic rings. The zero-order chi connectivity index (χ0) is 12.3. The fourth-order valence-electron chi connectivity index (χ4n) is 3.13. The summed E-state index contributed by atoms with van der Waals surface area (Å²) in [4.78, 5) is 13.3. The fraction of sp³-hybridized carbons (Fsp3) is 0.923. The summed E-state index contributed by atoms with van der Waals surface area (Å²) in [5.41, 5.74) is 0. The van der Waals surface area contributed by atoms with Crippen molar-refractivity contribution in [3.05, 3.63) is 0 Å². The molecular formula is C13H23NO2S. The van der Waals surface area contributed by atoms with Gasteiger partial charge < -0.3 is 5.11 Å². The summed E-state index contributed by atoms with van der Waals surface area (Å²) in [6.07, 6.45) is 6.22. The number of rotatable bonds is 4. The number of carbonyl (C=O) groups is 1. The highest BCUT2D eigenvalue weighted by molar-refractivity contribution is 8.00. The van der Waals surface area contributed by atoms with E-state index in [0.717, 1.165) is 11.7 Å². The van der Waals surface area contributed by atoms with E-state index in [0.29, 0.717) is 18.5 Å². The van der Waals surface area contributed by atoms with E-state index in [1.165, 1.54) is 38.0 Å². The van der Waals surface area contributed by atoms with Gasteiger partial charge >= 0.3 is 5.97 Å². The van der Waals surface area contributed by atoms with Crippen molar-refractivity contribution in [1.29, 1.82) is 0 Å². The van der Waals surface area contributed by atoms with Crippen molar-refractivity contribution in [2.75, 3.05) is 12.3 Å². The number of carboxylic acid groups (broad SMARTS) is 1. The molecule has 1 N–H and O–H groups in total. The fourth-order valence-corrected chi connectivity index (χ4v) is 4.37. The molecule has 98 valence electrons. The molecule has 3 atom stereocenters. The highest BCUT2D eigenvalue weighted by Gasteiger charge is 2.33. The average molecular weight is 257 g/mol. The van der Waals surface area contributed by atoms with Crippen LogP contribution in [-0.2, 0) is 4.79 Å². The van der Waals surface area contributed by atoms with Gasteiger partial charge in [-0.1, -0.05) is 13.3 Å². The van der Waals surface area contributed by atoms with Gasteiger partial charge in [0.05, 0.1) is 0 Å². The van der Waals surface area contributed by atoms with E-state index >= 15 is 0 Å². The lowest BCUT2D eigenvalue weighted by Crippen LogP contribution is -2.46. The first-order chi connectivity index (χ1) is 8.16. The van der Waals surface area contributed by atoms with E-state index in [1.54, 1.807) is 0 Å². The molecule has 0 saturated carbocycles. The Balaban J connectivity index is 1.89. The standard InChI is InChI=1S/C13H23NO2S/c1-10-8-12(9-17-10)14-7-3-2-4-11(14)5-6-13(15)16/h10-12H,2-9H2,1H3,(H,15,16). The summed E-state index contributed by atoms with van der Waals surface area (Å²) < 4.78 is 0. The molecule has 2 rings (SSSR count). The quantitative estimate of drug-likeness (QED) is 0.840. The second-order valence-corrected chi connectivity index (χ2v) is 6.82. The van der Waals surface area contributed by atoms with E-state index < -0.39 is 5.97 Å². The summed E-state index contributed by atoms with van der Waals surface area (Å²) in [6, 6.07) is 1.23. The Morgan fingerprint density at radius 3 is 2.94 bits per heavy atom. The minimum Gasteiger partial charge on any atom is -0.481 e. The maximum atomic E-state index is 10.7. The van der Waals surface area contributed by atoms with Crippen molar-refractivity contribution in [3.63, 3.8) is 0 Å². The third-order valence-electron chi connectivity index (χ3n) is 4.01. The van der Waals surface area contributed by atoms with E-state index in [2.05, 4.69) is 23.6 Å². The SMILES string of the molecule is CC1CC(N2CCCCC2CCC(=O)O)CS1. The second-order valence-electron chi connectivity index (χ2n) is 5.35. The van der Waals surface area contributed by atoms with Crippen LogP contribution in [0.15, 0.2) is 0 Å². The Labute approximate surface area is 108 Å². The van der Waals surface area contributed by atoms with Gasteiger partial charge in [0.1, 0.15) is 0 Å². The molecule has 2 saturated heterocycles. The average Bonchev–Trinajstić information content (AvgIpc) is 2.73. The van der Waals surface area contributed by atoms with Gasteiger partial charge in [0, 0.05) is 29.5 Å². The number of nitrogens with zero attached hydrogens (tertiary/aromatic N) is 1. The van der Waals surface area contributed by atoms with Crippen LogP contribution in [0.2, 0.25) is 0 Å². The summed E-state index contributed by atoms with van der Waals surface area (Å²) in [5, 5.41) is 9.59. The number of hydrogen-bond donors (Lipinski definition) is 1. The molecule has 3 unspecified atom stereocenters. The van der Waals surface area contributed by atoms with E-state index in [9.17, 15) is 4.79 Å². The maximum absolute atomic E-state index is 10.7. The summed E-state index contributed by atoms with van der Waals surface area (Å²) in [7, 11) is 0. The van der Waals surface area contributed by atoms with Crippen molar-refractivity contribution < 1.29 is 9.90 Å². The third kappa shape index (κ3) is 3.62. The first kappa shape index (κ1) is 13.2. The van der Waals surface area contributed by atoms with Crippen LogP contribution < -0.4 is 0 Å². The lowest BCUT2D eigenvalue weighted by atomic mass is 9.95. The van der Waals surface area contributed by atoms with E-state index in [4.69, 9.17) is 5.11 Å². The number of carboxylic acids is 1. The van der Waals surface area contributed by atoms with Gasteiger partial charge in [-0.15, -0.1) is 0 Å². The van der Waals surface area contributed by atoms with Crippen molar-refractivity contribution in [3.8, 4) is 0 Å². The molecule has 0 aromatic rings. The first-order valence-corrected chi connectivity index (χ1v) is 7.81. The van der Waals surface area contributed by atoms with Crippen LogP contribution in [0.1, 0.15) is 45.4 Å². The molecule has 0 spiro atoms. The van der Waals surface area contributed by atoms with E-state index in [1.807, 2.05) is 0 Å². The van der Waals surface area contributed by atoms with Gasteiger partial charge in [-0.25, -0.2) is 0 Å². The largest absolute Gasteiger partial charge is 0.481 e. The van der Waals surface area contributed by atoms with Crippen LogP contribution in [0.4, 0.5) is 0 Å². The molecule has 2 aliphatic heterocycles. The molecule has 0 radical (unpaired) electrons. The Kier molecular flexibility index (Phi) is 4.74. The van der Waals surface area contributed by atoms with Crippen LogP contribution in [0.25, 0.3) is 0 Å². The smallest absolute Gasteiger partial charge is 0.303 e. The second kappa shape index (κ2) is 6.10. The molecule has 0 bridgehead atoms. The molecule has 2 heterocycles. The van der Waals surface area contributed by atoms with Gasteiger partial charge in [-0.05, 0) is 32.2 Å². The molecule has 3 nitrogen and oxygen atoms in total. The Hall–Kier alpha value is -0.220. The number of aliphatic carboxylic acids is 1. The highest BCUT2D eigenvalue weighted by Crippen LogP contribution is 2.33. The normalized spacial score (nSPS) is 35.0. The van der Waals surface area contributed by atoms with Crippen molar-refractivity contribution in [2.24, 2.45) is 0 Å². The monoisotopic (exact) mass is 257 g/mol. The number of likely N-dealkylation sites (tertiary alicyclic amines) is 1. The van der Waals surface area contributed by atoms with Gasteiger partial charge in [0.25, 0.3) is 0 Å². The van der Waals surface area contributed by atoms with Crippen molar-refractivity contribution >= 4 is 17.7 Å². The number of piperidine rings is 1. The molecule has 0 aliphatic carbocycles. The van der Waals surface area contributed by atoms with Gasteiger partial charge in [-0.2, -0.15) is 11.8 Å². The molecule has 17 heavy (non-hydrogen) atoms. The predicted octanol–water partition coefficient (Wildman–Crippen LogP) is 2.60. The van der Waals surface area contributed by atoms with E-state index in [-0.39, 0.29) is 0 Å². The Morgan fingerprint density at radius 2 is 2.29 bits per heavy atom. The topological polar surface area (TPSA) is 40.5 Å². The summed E-state index contributed by atoms with van der Waals surface area (Å²) in [6.45, 7) is 3.49. The predicted molar refractivity (Wildman–Crippen MR) is 71.5 cm³/mol. The molecule has 2 fully saturated rings. The molecule has 0 aromatic heterocycles. The van der Waals surface area contributed by atoms with Crippen molar-refractivity contribution in [1.82, 2.24) is 4.90 Å². The molecule has 4 heteroatoms. The minimum atomic E-state index is -0.648. The zero-order valence-electron chi connectivity index (χ0n) is 10.6. The highest BCUT2D eigenvalue weighted by atomic mass is 32.2. The lowest BCUT2D eigenvalue weighted by Gasteiger charge is -2.39.